The second kappa shape index (κ2) is 4.66. The minimum absolute atomic E-state index is 0.114. The number of anilines is 1. The van der Waals surface area contributed by atoms with Crippen LogP contribution in [0.2, 0.25) is 0 Å². The molecule has 2 aromatic rings. The topological polar surface area (TPSA) is 87.1 Å². The second-order valence-corrected chi connectivity index (χ2v) is 5.90. The minimum atomic E-state index is -0.231. The van der Waals surface area contributed by atoms with E-state index in [1.54, 1.807) is 12.5 Å². The smallest absolute Gasteiger partial charge is 0.277 e. The Hall–Kier alpha value is -1.47. The summed E-state index contributed by atoms with van der Waals surface area (Å²) >= 11 is 1.34. The summed E-state index contributed by atoms with van der Waals surface area (Å²) in [6.45, 7) is 6.16. The summed E-state index contributed by atoms with van der Waals surface area (Å²) in [5, 5.41) is 6.21. The van der Waals surface area contributed by atoms with Gasteiger partial charge in [-0.05, 0) is 5.41 Å². The average Bonchev–Trinajstić information content (AvgIpc) is 2.85. The Labute approximate surface area is 109 Å². The van der Waals surface area contributed by atoms with Gasteiger partial charge in [-0.1, -0.05) is 25.9 Å². The maximum Gasteiger partial charge on any atom is 0.277 e. The number of methoxy groups -OCH3 is 1. The van der Waals surface area contributed by atoms with Gasteiger partial charge in [-0.25, -0.2) is 4.98 Å². The van der Waals surface area contributed by atoms with Gasteiger partial charge in [0.1, 0.15) is 11.8 Å². The molecule has 2 N–H and O–H groups in total. The highest BCUT2D eigenvalue weighted by Gasteiger charge is 2.30. The molecule has 0 saturated heterocycles. The molecule has 2 aromatic heterocycles. The standard InChI is InChI=1S/C11H16N4O2S/c1-11(2,3)7(16-4)8-14-9(17-15-8)6-5-18-10(12)13-6/h5,7H,1-4H3,(H2,12,13). The van der Waals surface area contributed by atoms with Crippen LogP contribution in [0.25, 0.3) is 11.6 Å². The zero-order valence-electron chi connectivity index (χ0n) is 10.8. The molecular formula is C11H16N4O2S. The van der Waals surface area contributed by atoms with Gasteiger partial charge in [-0.15, -0.1) is 11.3 Å². The maximum absolute atomic E-state index is 5.57. The van der Waals surface area contributed by atoms with E-state index in [4.69, 9.17) is 15.0 Å². The molecule has 0 saturated carbocycles. The van der Waals surface area contributed by atoms with Crippen LogP contribution in [0, 0.1) is 5.41 Å². The fourth-order valence-electron chi connectivity index (χ4n) is 1.68. The molecule has 6 nitrogen and oxygen atoms in total. The monoisotopic (exact) mass is 268 g/mol. The second-order valence-electron chi connectivity index (χ2n) is 5.01. The molecule has 18 heavy (non-hydrogen) atoms. The Balaban J connectivity index is 2.30. The van der Waals surface area contributed by atoms with Crippen LogP contribution >= 0.6 is 11.3 Å². The Morgan fingerprint density at radius 1 is 1.39 bits per heavy atom. The lowest BCUT2D eigenvalue weighted by atomic mass is 9.88. The van der Waals surface area contributed by atoms with Crippen molar-refractivity contribution < 1.29 is 9.26 Å². The summed E-state index contributed by atoms with van der Waals surface area (Å²) in [6, 6.07) is 0. The van der Waals surface area contributed by atoms with Crippen LogP contribution in [0.15, 0.2) is 9.90 Å². The number of ether oxygens (including phenoxy) is 1. The van der Waals surface area contributed by atoms with Crippen LogP contribution in [0.1, 0.15) is 32.7 Å². The predicted octanol–water partition coefficient (Wildman–Crippen LogP) is 2.51. The summed E-state index contributed by atoms with van der Waals surface area (Å²) in [5.74, 6) is 0.885. The van der Waals surface area contributed by atoms with Crippen LogP contribution in [-0.4, -0.2) is 22.2 Å². The van der Waals surface area contributed by atoms with E-state index in [-0.39, 0.29) is 11.5 Å². The minimum Gasteiger partial charge on any atom is -0.375 e. The first-order valence-electron chi connectivity index (χ1n) is 5.49. The number of aromatic nitrogens is 3. The quantitative estimate of drug-likeness (QED) is 0.920. The number of nitrogens with two attached hydrogens (primary N) is 1. The van der Waals surface area contributed by atoms with Crippen molar-refractivity contribution in [1.29, 1.82) is 0 Å². The third-order valence-electron chi connectivity index (χ3n) is 2.44. The van der Waals surface area contributed by atoms with Crippen LogP contribution < -0.4 is 5.73 Å². The molecule has 0 aromatic carbocycles. The molecule has 0 aliphatic carbocycles. The molecule has 0 aliphatic rings. The van der Waals surface area contributed by atoms with E-state index in [2.05, 4.69) is 35.9 Å². The molecular weight excluding hydrogens is 252 g/mol. The lowest BCUT2D eigenvalue weighted by Gasteiger charge is -2.26. The lowest BCUT2D eigenvalue weighted by molar-refractivity contribution is 0.00718. The van der Waals surface area contributed by atoms with Gasteiger partial charge in [-0.3, -0.25) is 0 Å². The zero-order valence-corrected chi connectivity index (χ0v) is 11.6. The van der Waals surface area contributed by atoms with Gasteiger partial charge < -0.3 is 15.0 Å². The molecule has 0 amide bonds. The van der Waals surface area contributed by atoms with Crippen molar-refractivity contribution in [2.45, 2.75) is 26.9 Å². The lowest BCUT2D eigenvalue weighted by Crippen LogP contribution is -2.21. The van der Waals surface area contributed by atoms with E-state index >= 15 is 0 Å². The van der Waals surface area contributed by atoms with Crippen molar-refractivity contribution in [2.75, 3.05) is 12.8 Å². The first kappa shape index (κ1) is 13.0. The molecule has 7 heteroatoms. The third-order valence-corrected chi connectivity index (χ3v) is 3.11. The number of rotatable bonds is 3. The van der Waals surface area contributed by atoms with E-state index in [9.17, 15) is 0 Å². The number of hydrogen-bond donors (Lipinski definition) is 1. The Morgan fingerprint density at radius 2 is 2.11 bits per heavy atom. The van der Waals surface area contributed by atoms with Crippen molar-refractivity contribution >= 4 is 16.5 Å². The van der Waals surface area contributed by atoms with Gasteiger partial charge in [0, 0.05) is 12.5 Å². The van der Waals surface area contributed by atoms with Crippen molar-refractivity contribution in [3.63, 3.8) is 0 Å². The Bertz CT molecular complexity index is 529. The fourth-order valence-corrected chi connectivity index (χ4v) is 2.21. The maximum atomic E-state index is 5.57. The first-order chi connectivity index (χ1) is 8.41. The first-order valence-corrected chi connectivity index (χ1v) is 6.37. The van der Waals surface area contributed by atoms with E-state index in [1.807, 2.05) is 0 Å². The highest BCUT2D eigenvalue weighted by atomic mass is 32.1. The van der Waals surface area contributed by atoms with Gasteiger partial charge >= 0.3 is 0 Å². The van der Waals surface area contributed by atoms with E-state index in [1.165, 1.54) is 11.3 Å². The average molecular weight is 268 g/mol. The molecule has 0 aliphatic heterocycles. The molecule has 0 spiro atoms. The van der Waals surface area contributed by atoms with Gasteiger partial charge in [0.25, 0.3) is 5.89 Å². The summed E-state index contributed by atoms with van der Waals surface area (Å²) < 4.78 is 10.6. The van der Waals surface area contributed by atoms with Gasteiger partial charge in [0.2, 0.25) is 5.82 Å². The largest absolute Gasteiger partial charge is 0.375 e. The molecule has 0 bridgehead atoms. The molecule has 1 atom stereocenters. The number of nitrogen functional groups attached to an aromatic ring is 1. The number of hydrogen-bond acceptors (Lipinski definition) is 7. The van der Waals surface area contributed by atoms with E-state index in [0.29, 0.717) is 22.5 Å². The predicted molar refractivity (Wildman–Crippen MR) is 69.0 cm³/mol. The molecule has 0 radical (unpaired) electrons. The SMILES string of the molecule is COC(c1noc(-c2csc(N)n2)n1)C(C)(C)C. The zero-order chi connectivity index (χ0) is 13.3. The highest BCUT2D eigenvalue weighted by Crippen LogP contribution is 2.34. The molecule has 2 rings (SSSR count). The normalized spacial score (nSPS) is 13.8. The van der Waals surface area contributed by atoms with Crippen LogP contribution in [0.5, 0.6) is 0 Å². The fraction of sp³-hybridized carbons (Fsp3) is 0.545. The molecule has 2 heterocycles. The molecule has 1 unspecified atom stereocenters. The van der Waals surface area contributed by atoms with Crippen LogP contribution in [0.3, 0.4) is 0 Å². The van der Waals surface area contributed by atoms with Crippen molar-refractivity contribution in [2.24, 2.45) is 5.41 Å². The van der Waals surface area contributed by atoms with Crippen molar-refractivity contribution in [3.05, 3.63) is 11.2 Å². The van der Waals surface area contributed by atoms with E-state index in [0.717, 1.165) is 0 Å². The summed E-state index contributed by atoms with van der Waals surface area (Å²) in [6.07, 6.45) is -0.231. The van der Waals surface area contributed by atoms with Crippen molar-refractivity contribution in [1.82, 2.24) is 15.1 Å². The molecule has 98 valence electrons. The van der Waals surface area contributed by atoms with Crippen LogP contribution in [-0.2, 0) is 4.74 Å². The summed E-state index contributed by atoms with van der Waals surface area (Å²) in [7, 11) is 1.63. The number of nitrogens with zero attached hydrogens (tertiary/aromatic N) is 3. The van der Waals surface area contributed by atoms with Gasteiger partial charge in [0.05, 0.1) is 0 Å². The highest BCUT2D eigenvalue weighted by molar-refractivity contribution is 7.13. The molecule has 0 fully saturated rings. The van der Waals surface area contributed by atoms with Gasteiger partial charge in [0.15, 0.2) is 5.13 Å². The van der Waals surface area contributed by atoms with Gasteiger partial charge in [-0.2, -0.15) is 4.98 Å². The summed E-state index contributed by atoms with van der Waals surface area (Å²) in [5.41, 5.74) is 6.05. The number of thiazole rings is 1. The van der Waals surface area contributed by atoms with E-state index < -0.39 is 0 Å². The summed E-state index contributed by atoms with van der Waals surface area (Å²) in [4.78, 5) is 8.42. The third kappa shape index (κ3) is 2.51. The Kier molecular flexibility index (Phi) is 3.36. The van der Waals surface area contributed by atoms with Crippen LogP contribution in [0.4, 0.5) is 5.13 Å². The Morgan fingerprint density at radius 3 is 2.61 bits per heavy atom. The van der Waals surface area contributed by atoms with Crippen molar-refractivity contribution in [3.8, 4) is 11.6 Å².